The van der Waals surface area contributed by atoms with Crippen LogP contribution in [0.1, 0.15) is 27.2 Å². The van der Waals surface area contributed by atoms with Crippen LogP contribution in [-0.4, -0.2) is 59.3 Å². The van der Waals surface area contributed by atoms with Crippen molar-refractivity contribution in [2.45, 2.75) is 38.8 Å². The Morgan fingerprint density at radius 3 is 2.38 bits per heavy atom. The first-order chi connectivity index (χ1) is 7.48. The van der Waals surface area contributed by atoms with Crippen molar-refractivity contribution >= 4 is 0 Å². The molecule has 0 radical (unpaired) electrons. The zero-order valence-electron chi connectivity index (χ0n) is 10.6. The molecule has 1 aliphatic heterocycles. The highest BCUT2D eigenvalue weighted by Gasteiger charge is 2.26. The lowest BCUT2D eigenvalue weighted by molar-refractivity contribution is -0.000342. The lowest BCUT2D eigenvalue weighted by Gasteiger charge is -2.38. The number of aliphatic hydroxyl groups is 1. The van der Waals surface area contributed by atoms with Crippen molar-refractivity contribution in [3.63, 3.8) is 0 Å². The summed E-state index contributed by atoms with van der Waals surface area (Å²) >= 11 is 0. The molecule has 0 aromatic rings. The first-order valence-electron chi connectivity index (χ1n) is 6.07. The molecule has 0 aromatic carbocycles. The maximum atomic E-state index is 9.99. The molecule has 2 unspecified atom stereocenters. The van der Waals surface area contributed by atoms with Gasteiger partial charge in [-0.05, 0) is 20.3 Å². The zero-order chi connectivity index (χ0) is 12.2. The van der Waals surface area contributed by atoms with Crippen molar-refractivity contribution in [3.8, 4) is 6.07 Å². The smallest absolute Gasteiger partial charge is 0.0950 e. The number of piperazine rings is 1. The summed E-state index contributed by atoms with van der Waals surface area (Å²) in [6, 6.07) is 2.28. The van der Waals surface area contributed by atoms with Gasteiger partial charge in [0.05, 0.1) is 17.7 Å². The van der Waals surface area contributed by atoms with Gasteiger partial charge in [-0.3, -0.25) is 9.80 Å². The van der Waals surface area contributed by atoms with Gasteiger partial charge < -0.3 is 5.11 Å². The van der Waals surface area contributed by atoms with E-state index >= 15 is 0 Å². The normalized spacial score (nSPS) is 24.7. The van der Waals surface area contributed by atoms with Gasteiger partial charge in [0.15, 0.2) is 0 Å². The molecule has 2 atom stereocenters. The van der Waals surface area contributed by atoms with Crippen molar-refractivity contribution in [1.82, 2.24) is 9.80 Å². The van der Waals surface area contributed by atoms with E-state index in [1.807, 2.05) is 20.8 Å². The maximum absolute atomic E-state index is 9.99. The highest BCUT2D eigenvalue weighted by molar-refractivity contribution is 4.91. The van der Waals surface area contributed by atoms with E-state index in [-0.39, 0.29) is 6.04 Å². The first-order valence-corrected chi connectivity index (χ1v) is 6.07. The largest absolute Gasteiger partial charge is 0.389 e. The van der Waals surface area contributed by atoms with E-state index in [4.69, 9.17) is 5.26 Å². The summed E-state index contributed by atoms with van der Waals surface area (Å²) in [7, 11) is 0. The topological polar surface area (TPSA) is 50.5 Å². The molecule has 1 rings (SSSR count). The number of nitriles is 1. The van der Waals surface area contributed by atoms with Crippen LogP contribution in [0, 0.1) is 11.3 Å². The van der Waals surface area contributed by atoms with Crippen LogP contribution in [-0.2, 0) is 0 Å². The van der Waals surface area contributed by atoms with E-state index in [0.717, 1.165) is 39.1 Å². The molecule has 92 valence electrons. The Labute approximate surface area is 98.5 Å². The fourth-order valence-electron chi connectivity index (χ4n) is 1.98. The number of hydrogen-bond donors (Lipinski definition) is 1. The Kier molecular flexibility index (Phi) is 4.72. The average Bonchev–Trinajstić information content (AvgIpc) is 2.28. The SMILES string of the molecule is CCC(C)(O)CN1CCN(C(C)C#N)CC1. The molecular weight excluding hydrogens is 202 g/mol. The molecule has 4 heteroatoms. The highest BCUT2D eigenvalue weighted by Crippen LogP contribution is 2.13. The summed E-state index contributed by atoms with van der Waals surface area (Å²) < 4.78 is 0. The second-order valence-electron chi connectivity index (χ2n) is 4.97. The van der Waals surface area contributed by atoms with Gasteiger partial charge in [0.2, 0.25) is 0 Å². The third kappa shape index (κ3) is 3.75. The van der Waals surface area contributed by atoms with Crippen LogP contribution in [0.15, 0.2) is 0 Å². The van der Waals surface area contributed by atoms with Crippen molar-refractivity contribution in [1.29, 1.82) is 5.26 Å². The predicted octanol–water partition coefficient (Wildman–Crippen LogP) is 0.677. The van der Waals surface area contributed by atoms with Crippen molar-refractivity contribution < 1.29 is 5.11 Å². The fraction of sp³-hybridized carbons (Fsp3) is 0.917. The molecule has 16 heavy (non-hydrogen) atoms. The van der Waals surface area contributed by atoms with Crippen LogP contribution >= 0.6 is 0 Å². The molecule has 1 aliphatic rings. The molecule has 0 saturated carbocycles. The molecule has 1 heterocycles. The van der Waals surface area contributed by atoms with Crippen LogP contribution in [0.25, 0.3) is 0 Å². The van der Waals surface area contributed by atoms with Gasteiger partial charge in [-0.2, -0.15) is 5.26 Å². The Hall–Kier alpha value is -0.630. The lowest BCUT2D eigenvalue weighted by atomic mass is 10.0. The minimum atomic E-state index is -0.580. The van der Waals surface area contributed by atoms with Crippen LogP contribution in [0.4, 0.5) is 0 Å². The van der Waals surface area contributed by atoms with Crippen molar-refractivity contribution in [2.24, 2.45) is 0 Å². The minimum Gasteiger partial charge on any atom is -0.389 e. The molecule has 0 bridgehead atoms. The Bertz CT molecular complexity index is 251. The molecule has 4 nitrogen and oxygen atoms in total. The van der Waals surface area contributed by atoms with Gasteiger partial charge in [0, 0.05) is 32.7 Å². The van der Waals surface area contributed by atoms with Crippen molar-refractivity contribution in [3.05, 3.63) is 0 Å². The molecule has 1 fully saturated rings. The van der Waals surface area contributed by atoms with Gasteiger partial charge in [-0.15, -0.1) is 0 Å². The third-order valence-corrected chi connectivity index (χ3v) is 3.47. The number of nitrogens with zero attached hydrogens (tertiary/aromatic N) is 3. The summed E-state index contributed by atoms with van der Waals surface area (Å²) in [5, 5.41) is 18.8. The van der Waals surface area contributed by atoms with E-state index in [2.05, 4.69) is 15.9 Å². The summed E-state index contributed by atoms with van der Waals surface area (Å²) in [5.74, 6) is 0. The average molecular weight is 225 g/mol. The lowest BCUT2D eigenvalue weighted by Crippen LogP contribution is -2.52. The number of β-amino-alcohol motifs (C(OH)–C–C–N with tert-alkyl or cyclic N) is 1. The molecule has 1 saturated heterocycles. The molecular formula is C12H23N3O. The Morgan fingerprint density at radius 2 is 1.94 bits per heavy atom. The van der Waals surface area contributed by atoms with Gasteiger partial charge in [-0.1, -0.05) is 6.92 Å². The Balaban J connectivity index is 2.36. The maximum Gasteiger partial charge on any atom is 0.0950 e. The standard InChI is InChI=1S/C12H23N3O/c1-4-12(3,16)10-14-5-7-15(8-6-14)11(2)9-13/h11,16H,4-8,10H2,1-3H3. The fourth-order valence-corrected chi connectivity index (χ4v) is 1.98. The highest BCUT2D eigenvalue weighted by atomic mass is 16.3. The molecule has 0 aliphatic carbocycles. The third-order valence-electron chi connectivity index (χ3n) is 3.47. The first kappa shape index (κ1) is 13.4. The van der Waals surface area contributed by atoms with E-state index in [0.29, 0.717) is 0 Å². The molecule has 1 N–H and O–H groups in total. The summed E-state index contributed by atoms with van der Waals surface area (Å²) in [6.45, 7) is 10.3. The van der Waals surface area contributed by atoms with E-state index in [1.54, 1.807) is 0 Å². The second kappa shape index (κ2) is 5.62. The summed E-state index contributed by atoms with van der Waals surface area (Å²) in [5.41, 5.74) is -0.580. The van der Waals surface area contributed by atoms with Gasteiger partial charge in [0.1, 0.15) is 0 Å². The van der Waals surface area contributed by atoms with Gasteiger partial charge in [-0.25, -0.2) is 0 Å². The van der Waals surface area contributed by atoms with Crippen LogP contribution in [0.3, 0.4) is 0 Å². The predicted molar refractivity (Wildman–Crippen MR) is 64.0 cm³/mol. The van der Waals surface area contributed by atoms with Crippen LogP contribution in [0.5, 0.6) is 0 Å². The van der Waals surface area contributed by atoms with Crippen LogP contribution < -0.4 is 0 Å². The van der Waals surface area contributed by atoms with E-state index < -0.39 is 5.60 Å². The van der Waals surface area contributed by atoms with E-state index in [9.17, 15) is 5.11 Å². The number of rotatable bonds is 4. The van der Waals surface area contributed by atoms with E-state index in [1.165, 1.54) is 0 Å². The Morgan fingerprint density at radius 1 is 1.38 bits per heavy atom. The quantitative estimate of drug-likeness (QED) is 0.764. The molecule has 0 spiro atoms. The summed E-state index contributed by atoms with van der Waals surface area (Å²) in [4.78, 5) is 4.47. The molecule has 0 amide bonds. The zero-order valence-corrected chi connectivity index (χ0v) is 10.6. The van der Waals surface area contributed by atoms with Crippen LogP contribution in [0.2, 0.25) is 0 Å². The van der Waals surface area contributed by atoms with Gasteiger partial charge in [0.25, 0.3) is 0 Å². The minimum absolute atomic E-state index is 0.00818. The summed E-state index contributed by atoms with van der Waals surface area (Å²) in [6.07, 6.45) is 0.780. The van der Waals surface area contributed by atoms with Gasteiger partial charge >= 0.3 is 0 Å². The number of hydrogen-bond acceptors (Lipinski definition) is 4. The second-order valence-corrected chi connectivity index (χ2v) is 4.97. The van der Waals surface area contributed by atoms with Crippen molar-refractivity contribution in [2.75, 3.05) is 32.7 Å². The monoisotopic (exact) mass is 225 g/mol. The molecule has 0 aromatic heterocycles.